The van der Waals surface area contributed by atoms with Gasteiger partial charge in [0.15, 0.2) is 11.0 Å². The molecule has 51 heavy (non-hydrogen) atoms. The van der Waals surface area contributed by atoms with Gasteiger partial charge in [0.2, 0.25) is 0 Å². The van der Waals surface area contributed by atoms with E-state index in [-0.39, 0.29) is 58.3 Å². The first-order chi connectivity index (χ1) is 24.4. The standard InChI is InChI=1S/C40H42N4O7/c1-23(45)51-39(2,3)38(49)43-40-20-25-17-27(21-40)32(28(18-25)22-40)42-36(47)26-14-12-24(13-15-26)19-31-33(37(48)50-4)44(29-9-6-5-7-10-29)35-30(34(31)46)11-8-16-41-35/h5-16,25,27-28,32H,17-22H2,1-4H3,(H,42,47)(H,43,49)/t25-,27+,28-,32-,40-. The van der Waals surface area contributed by atoms with Crippen LogP contribution >= 0.6 is 0 Å². The Morgan fingerprint density at radius 1 is 0.941 bits per heavy atom. The number of para-hydroxylation sites is 1. The molecule has 0 radical (unpaired) electrons. The van der Waals surface area contributed by atoms with Gasteiger partial charge in [0, 0.05) is 47.9 Å². The Morgan fingerprint density at radius 3 is 2.27 bits per heavy atom. The molecule has 4 aliphatic carbocycles. The predicted molar refractivity (Wildman–Crippen MR) is 189 cm³/mol. The summed E-state index contributed by atoms with van der Waals surface area (Å²) < 4.78 is 12.1. The maximum Gasteiger partial charge on any atom is 0.355 e. The monoisotopic (exact) mass is 690 g/mol. The van der Waals surface area contributed by atoms with Crippen molar-refractivity contribution in [2.75, 3.05) is 7.11 Å². The second kappa shape index (κ2) is 13.1. The van der Waals surface area contributed by atoms with E-state index < -0.39 is 17.5 Å². The lowest BCUT2D eigenvalue weighted by Crippen LogP contribution is -2.68. The van der Waals surface area contributed by atoms with Crippen LogP contribution < -0.4 is 16.1 Å². The molecule has 2 heterocycles. The average Bonchev–Trinajstić information content (AvgIpc) is 3.10. The molecule has 0 unspecified atom stereocenters. The quantitative estimate of drug-likeness (QED) is 0.236. The summed E-state index contributed by atoms with van der Waals surface area (Å²) in [5.74, 6) is -0.700. The van der Waals surface area contributed by atoms with Crippen molar-refractivity contribution in [2.45, 2.75) is 76.5 Å². The SMILES string of the molecule is COC(=O)c1c(Cc2ccc(C(=O)N[C@H]3[C@@H]4C[C@H]5C[C@H]3C[C@](NC(=O)C(C)(C)OC(C)=O)(C5)C4)cc2)c(=O)c2cccnc2n1-c1ccccc1. The highest BCUT2D eigenvalue weighted by molar-refractivity contribution is 5.95. The molecule has 4 aromatic rings. The van der Waals surface area contributed by atoms with Crippen LogP contribution in [0.4, 0.5) is 0 Å². The van der Waals surface area contributed by atoms with Gasteiger partial charge in [-0.15, -0.1) is 0 Å². The van der Waals surface area contributed by atoms with Crippen LogP contribution in [0, 0.1) is 17.8 Å². The molecule has 4 saturated carbocycles. The zero-order valence-corrected chi connectivity index (χ0v) is 29.2. The Morgan fingerprint density at radius 2 is 1.63 bits per heavy atom. The van der Waals surface area contributed by atoms with Crippen molar-refractivity contribution in [3.8, 4) is 5.69 Å². The van der Waals surface area contributed by atoms with E-state index in [2.05, 4.69) is 15.6 Å². The number of aromatic nitrogens is 2. The number of esters is 2. The molecule has 4 aliphatic rings. The normalized spacial score (nSPS) is 23.5. The van der Waals surface area contributed by atoms with Crippen LogP contribution in [0.1, 0.15) is 84.8 Å². The highest BCUT2D eigenvalue weighted by atomic mass is 16.6. The Hall–Kier alpha value is -5.32. The van der Waals surface area contributed by atoms with Crippen molar-refractivity contribution < 1.29 is 28.7 Å². The van der Waals surface area contributed by atoms with E-state index in [1.165, 1.54) is 14.0 Å². The summed E-state index contributed by atoms with van der Waals surface area (Å²) >= 11 is 0. The van der Waals surface area contributed by atoms with E-state index in [1.807, 2.05) is 42.5 Å². The van der Waals surface area contributed by atoms with Crippen LogP contribution in [-0.2, 0) is 25.5 Å². The number of nitrogens with zero attached hydrogens (tertiary/aromatic N) is 2. The van der Waals surface area contributed by atoms with E-state index >= 15 is 0 Å². The minimum Gasteiger partial charge on any atom is -0.464 e. The molecular formula is C40H42N4O7. The van der Waals surface area contributed by atoms with Gasteiger partial charge < -0.3 is 20.1 Å². The fourth-order valence-corrected chi connectivity index (χ4v) is 8.99. The lowest BCUT2D eigenvalue weighted by atomic mass is 9.51. The summed E-state index contributed by atoms with van der Waals surface area (Å²) in [5, 5.41) is 6.96. The number of nitrogens with one attached hydrogen (secondary N) is 2. The van der Waals surface area contributed by atoms with Gasteiger partial charge in [-0.3, -0.25) is 23.7 Å². The fourth-order valence-electron chi connectivity index (χ4n) is 8.99. The second-order valence-corrected chi connectivity index (χ2v) is 14.9. The molecule has 2 aromatic heterocycles. The zero-order valence-electron chi connectivity index (χ0n) is 29.2. The fraction of sp³-hybridized carbons (Fsp3) is 0.400. The number of carbonyl (C=O) groups is 4. The highest BCUT2D eigenvalue weighted by Gasteiger charge is 2.57. The lowest BCUT2D eigenvalue weighted by Gasteiger charge is -2.60. The summed E-state index contributed by atoms with van der Waals surface area (Å²) in [4.78, 5) is 70.1. The van der Waals surface area contributed by atoms with E-state index in [0.717, 1.165) is 37.7 Å². The van der Waals surface area contributed by atoms with Crippen LogP contribution in [0.15, 0.2) is 77.7 Å². The largest absolute Gasteiger partial charge is 0.464 e. The number of methoxy groups -OCH3 is 1. The number of rotatable bonds is 9. The zero-order chi connectivity index (χ0) is 36.1. The van der Waals surface area contributed by atoms with Gasteiger partial charge in [0.25, 0.3) is 11.8 Å². The van der Waals surface area contributed by atoms with Crippen LogP contribution in [0.5, 0.6) is 0 Å². The number of benzene rings is 2. The van der Waals surface area contributed by atoms with Crippen molar-refractivity contribution in [3.63, 3.8) is 0 Å². The van der Waals surface area contributed by atoms with Crippen molar-refractivity contribution in [2.24, 2.45) is 17.8 Å². The smallest absolute Gasteiger partial charge is 0.355 e. The van der Waals surface area contributed by atoms with Crippen LogP contribution in [0.2, 0.25) is 0 Å². The first-order valence-corrected chi connectivity index (χ1v) is 17.5. The van der Waals surface area contributed by atoms with Crippen LogP contribution in [-0.4, -0.2) is 57.6 Å². The van der Waals surface area contributed by atoms with Crippen molar-refractivity contribution in [1.29, 1.82) is 0 Å². The highest BCUT2D eigenvalue weighted by Crippen LogP contribution is 2.56. The predicted octanol–water partition coefficient (Wildman–Crippen LogP) is 4.90. The lowest BCUT2D eigenvalue weighted by molar-refractivity contribution is -0.165. The number of fused-ring (bicyclic) bond motifs is 1. The molecule has 0 aliphatic heterocycles. The number of ether oxygens (including phenoxy) is 2. The molecule has 2 N–H and O–H groups in total. The van der Waals surface area contributed by atoms with E-state index in [9.17, 15) is 24.0 Å². The minimum atomic E-state index is -1.26. The summed E-state index contributed by atoms with van der Waals surface area (Å²) in [6, 6.07) is 19.7. The maximum absolute atomic E-state index is 13.9. The van der Waals surface area contributed by atoms with Gasteiger partial charge in [-0.05, 0) is 106 Å². The molecule has 4 bridgehead atoms. The van der Waals surface area contributed by atoms with Gasteiger partial charge in [0.05, 0.1) is 12.5 Å². The van der Waals surface area contributed by atoms with E-state index in [4.69, 9.17) is 9.47 Å². The molecule has 8 rings (SSSR count). The van der Waals surface area contributed by atoms with Crippen molar-refractivity contribution in [3.05, 3.63) is 106 Å². The van der Waals surface area contributed by atoms with Gasteiger partial charge in [-0.2, -0.15) is 0 Å². The molecule has 11 heteroatoms. The number of hydrogen-bond donors (Lipinski definition) is 2. The number of amides is 2. The van der Waals surface area contributed by atoms with Crippen LogP contribution in [0.3, 0.4) is 0 Å². The second-order valence-electron chi connectivity index (χ2n) is 14.9. The molecule has 4 fully saturated rings. The third kappa shape index (κ3) is 6.41. The Labute approximate surface area is 295 Å². The Balaban J connectivity index is 1.10. The molecule has 264 valence electrons. The number of hydrogen-bond acceptors (Lipinski definition) is 8. The molecule has 5 atom stereocenters. The van der Waals surface area contributed by atoms with Crippen molar-refractivity contribution in [1.82, 2.24) is 20.2 Å². The molecule has 0 saturated heterocycles. The molecular weight excluding hydrogens is 648 g/mol. The maximum atomic E-state index is 13.9. The number of carbonyl (C=O) groups excluding carboxylic acids is 4. The molecule has 11 nitrogen and oxygen atoms in total. The first-order valence-electron chi connectivity index (χ1n) is 17.5. The Bertz CT molecular complexity index is 2070. The molecule has 2 amide bonds. The average molecular weight is 691 g/mol. The van der Waals surface area contributed by atoms with Gasteiger partial charge in [-0.25, -0.2) is 9.78 Å². The third-order valence-electron chi connectivity index (χ3n) is 10.9. The molecule has 0 spiro atoms. The summed E-state index contributed by atoms with van der Waals surface area (Å²) in [6.45, 7) is 4.51. The first kappa shape index (κ1) is 34.1. The Kier molecular flexibility index (Phi) is 8.77. The summed E-state index contributed by atoms with van der Waals surface area (Å²) in [5.41, 5.74) is 0.707. The van der Waals surface area contributed by atoms with Gasteiger partial charge >= 0.3 is 11.9 Å². The number of pyridine rings is 2. The van der Waals surface area contributed by atoms with E-state index in [0.29, 0.717) is 28.2 Å². The van der Waals surface area contributed by atoms with Crippen LogP contribution in [0.25, 0.3) is 16.7 Å². The van der Waals surface area contributed by atoms with Gasteiger partial charge in [0.1, 0.15) is 11.3 Å². The minimum absolute atomic E-state index is 0.00879. The molecule has 2 aromatic carbocycles. The van der Waals surface area contributed by atoms with Gasteiger partial charge in [-0.1, -0.05) is 30.3 Å². The third-order valence-corrected chi connectivity index (χ3v) is 10.9. The van der Waals surface area contributed by atoms with Crippen molar-refractivity contribution >= 4 is 34.8 Å². The summed E-state index contributed by atoms with van der Waals surface area (Å²) in [6.07, 6.45) is 6.13. The van der Waals surface area contributed by atoms with E-state index in [1.54, 1.807) is 48.9 Å². The summed E-state index contributed by atoms with van der Waals surface area (Å²) in [7, 11) is 1.29. The topological polar surface area (TPSA) is 146 Å².